The first-order valence-corrected chi connectivity index (χ1v) is 25.6. The second-order valence-corrected chi connectivity index (χ2v) is 16.8. The highest BCUT2D eigenvalue weighted by Gasteiger charge is 2.19. The van der Waals surface area contributed by atoms with Crippen LogP contribution in [0.15, 0.2) is 85.1 Å². The van der Waals surface area contributed by atoms with Gasteiger partial charge in [0.25, 0.3) is 0 Å². The summed E-state index contributed by atoms with van der Waals surface area (Å²) in [6.45, 7) is 6.34. The molecule has 0 aromatic heterocycles. The van der Waals surface area contributed by atoms with E-state index in [0.29, 0.717) is 19.3 Å². The summed E-state index contributed by atoms with van der Waals surface area (Å²) in [5, 5.41) is 0. The third kappa shape index (κ3) is 47.6. The molecule has 0 aliphatic heterocycles. The maximum absolute atomic E-state index is 12.8. The molecule has 0 aromatic rings. The van der Waals surface area contributed by atoms with Gasteiger partial charge in [0.2, 0.25) is 0 Å². The number of carbonyl (C=O) groups excluding carboxylic acids is 3. The monoisotopic (exact) mass is 863 g/mol. The Kier molecular flexibility index (Phi) is 47.5. The van der Waals surface area contributed by atoms with E-state index in [1.54, 1.807) is 0 Å². The van der Waals surface area contributed by atoms with E-state index in [2.05, 4.69) is 69.4 Å². The zero-order chi connectivity index (χ0) is 45.1. The van der Waals surface area contributed by atoms with Gasteiger partial charge in [-0.15, -0.1) is 0 Å². The molecule has 6 heteroatoms. The van der Waals surface area contributed by atoms with Crippen LogP contribution in [-0.2, 0) is 28.6 Å². The number of allylic oxidation sites excluding steroid dienone is 14. The maximum atomic E-state index is 12.8. The van der Waals surface area contributed by atoms with Gasteiger partial charge in [0, 0.05) is 19.3 Å². The maximum Gasteiger partial charge on any atom is 0.306 e. The number of ether oxygens (including phenoxy) is 3. The zero-order valence-electron chi connectivity index (χ0n) is 40.4. The van der Waals surface area contributed by atoms with Gasteiger partial charge in [-0.1, -0.05) is 209 Å². The summed E-state index contributed by atoms with van der Waals surface area (Å²) in [4.78, 5) is 38.0. The second kappa shape index (κ2) is 50.2. The molecule has 0 saturated carbocycles. The molecule has 6 nitrogen and oxygen atoms in total. The molecule has 0 spiro atoms. The van der Waals surface area contributed by atoms with Crippen LogP contribution in [0.2, 0.25) is 0 Å². The quantitative estimate of drug-likeness (QED) is 0.0199. The number of unbranched alkanes of at least 4 members (excludes halogenated alkanes) is 23. The van der Waals surface area contributed by atoms with E-state index in [-0.39, 0.29) is 31.1 Å². The molecule has 0 heterocycles. The van der Waals surface area contributed by atoms with E-state index < -0.39 is 6.10 Å². The van der Waals surface area contributed by atoms with Gasteiger partial charge in [0.05, 0.1) is 0 Å². The summed E-state index contributed by atoms with van der Waals surface area (Å²) >= 11 is 0. The first-order chi connectivity index (χ1) is 30.5. The molecule has 0 rings (SSSR count). The third-order valence-corrected chi connectivity index (χ3v) is 10.7. The number of carbonyl (C=O) groups is 3. The fraction of sp³-hybridized carbons (Fsp3) is 0.696. The molecule has 0 aromatic carbocycles. The molecule has 0 fully saturated rings. The molecule has 1 atom stereocenters. The molecule has 0 N–H and O–H groups in total. The van der Waals surface area contributed by atoms with Crippen molar-refractivity contribution in [3.63, 3.8) is 0 Å². The zero-order valence-corrected chi connectivity index (χ0v) is 40.4. The van der Waals surface area contributed by atoms with Crippen LogP contribution in [0.4, 0.5) is 0 Å². The average molecular weight is 863 g/mol. The minimum absolute atomic E-state index is 0.0953. The van der Waals surface area contributed by atoms with Crippen LogP contribution in [0.3, 0.4) is 0 Å². The van der Waals surface area contributed by atoms with Crippen molar-refractivity contribution in [2.45, 2.75) is 239 Å². The highest BCUT2D eigenvalue weighted by atomic mass is 16.6. The molecular formula is C56H94O6. The summed E-state index contributed by atoms with van der Waals surface area (Å²) in [7, 11) is 0. The Morgan fingerprint density at radius 2 is 0.710 bits per heavy atom. The van der Waals surface area contributed by atoms with E-state index in [4.69, 9.17) is 14.2 Å². The van der Waals surface area contributed by atoms with Crippen molar-refractivity contribution in [1.82, 2.24) is 0 Å². The van der Waals surface area contributed by atoms with Crippen molar-refractivity contribution >= 4 is 17.9 Å². The lowest BCUT2D eigenvalue weighted by molar-refractivity contribution is -0.167. The Hall–Kier alpha value is -3.41. The van der Waals surface area contributed by atoms with E-state index >= 15 is 0 Å². The van der Waals surface area contributed by atoms with Crippen LogP contribution in [0.25, 0.3) is 0 Å². The van der Waals surface area contributed by atoms with Crippen molar-refractivity contribution < 1.29 is 28.6 Å². The fourth-order valence-corrected chi connectivity index (χ4v) is 6.90. The summed E-state index contributed by atoms with van der Waals surface area (Å²) in [6.07, 6.45) is 64.2. The highest BCUT2D eigenvalue weighted by molar-refractivity contribution is 5.71. The summed E-state index contributed by atoms with van der Waals surface area (Å²) < 4.78 is 16.7. The van der Waals surface area contributed by atoms with Crippen molar-refractivity contribution in [3.8, 4) is 0 Å². The minimum atomic E-state index is -0.798. The lowest BCUT2D eigenvalue weighted by atomic mass is 10.1. The van der Waals surface area contributed by atoms with Gasteiger partial charge in [-0.25, -0.2) is 0 Å². The predicted octanol–water partition coefficient (Wildman–Crippen LogP) is 16.8. The van der Waals surface area contributed by atoms with Gasteiger partial charge in [-0.3, -0.25) is 14.4 Å². The number of rotatable bonds is 45. The normalized spacial score (nSPS) is 12.8. The van der Waals surface area contributed by atoms with Gasteiger partial charge >= 0.3 is 17.9 Å². The largest absolute Gasteiger partial charge is 0.462 e. The van der Waals surface area contributed by atoms with Crippen LogP contribution >= 0.6 is 0 Å². The Balaban J connectivity index is 4.44. The number of hydrogen-bond donors (Lipinski definition) is 0. The van der Waals surface area contributed by atoms with Crippen molar-refractivity contribution in [3.05, 3.63) is 85.1 Å². The van der Waals surface area contributed by atoms with Gasteiger partial charge in [0.1, 0.15) is 13.2 Å². The molecule has 0 amide bonds. The molecule has 0 bridgehead atoms. The van der Waals surface area contributed by atoms with Gasteiger partial charge in [0.15, 0.2) is 6.10 Å². The standard InChI is InChI=1S/C56H94O6/c1-4-7-10-13-16-19-22-25-27-28-29-32-34-37-40-43-46-49-55(58)61-52-53(51-60-54(57)48-45-42-39-36-33-30-24-21-18-15-12-9-6-3)62-56(59)50-47-44-41-38-35-31-26-23-20-17-14-11-8-5-2/h8-9,11-12,15,17-18,20-21,24-25,27,30,33,53H,4-7,10,13-14,16,19,22-23,26,28-29,31-32,34-52H2,1-3H3/b11-8-,12-9-,18-15-,20-17-,24-21-,27-25-,33-30-. The van der Waals surface area contributed by atoms with Crippen LogP contribution in [0.1, 0.15) is 233 Å². The first kappa shape index (κ1) is 58.6. The number of esters is 3. The van der Waals surface area contributed by atoms with Crippen LogP contribution in [0.5, 0.6) is 0 Å². The second-order valence-electron chi connectivity index (χ2n) is 16.8. The number of hydrogen-bond acceptors (Lipinski definition) is 6. The molecule has 0 radical (unpaired) electrons. The van der Waals surface area contributed by atoms with Gasteiger partial charge in [-0.2, -0.15) is 0 Å². The Bertz CT molecular complexity index is 1220. The first-order valence-electron chi connectivity index (χ1n) is 25.6. The van der Waals surface area contributed by atoms with Crippen LogP contribution in [0, 0.1) is 0 Å². The Morgan fingerprint density at radius 3 is 1.19 bits per heavy atom. The molecule has 354 valence electrons. The molecule has 62 heavy (non-hydrogen) atoms. The lowest BCUT2D eigenvalue weighted by Crippen LogP contribution is -2.30. The Morgan fingerprint density at radius 1 is 0.355 bits per heavy atom. The summed E-state index contributed by atoms with van der Waals surface area (Å²) in [5.74, 6) is -0.950. The van der Waals surface area contributed by atoms with E-state index in [1.807, 2.05) is 36.5 Å². The SMILES string of the molecule is CC\C=C/C=C\C=C/C=C\CCCCCC(=O)OCC(COC(=O)CCCCCCCCC/C=C\CCCCCCCC)OC(=O)CCCCCCCCC/C=C\C/C=C\CC. The van der Waals surface area contributed by atoms with Crippen molar-refractivity contribution in [2.24, 2.45) is 0 Å². The molecule has 1 unspecified atom stereocenters. The van der Waals surface area contributed by atoms with E-state index in [9.17, 15) is 14.4 Å². The minimum Gasteiger partial charge on any atom is -0.462 e. The van der Waals surface area contributed by atoms with Crippen LogP contribution in [-0.4, -0.2) is 37.2 Å². The molecule has 0 aliphatic rings. The van der Waals surface area contributed by atoms with Crippen molar-refractivity contribution in [1.29, 1.82) is 0 Å². The molecular weight excluding hydrogens is 769 g/mol. The topological polar surface area (TPSA) is 78.9 Å². The highest BCUT2D eigenvalue weighted by Crippen LogP contribution is 2.14. The molecule has 0 aliphatic carbocycles. The van der Waals surface area contributed by atoms with E-state index in [1.165, 1.54) is 103 Å². The summed E-state index contributed by atoms with van der Waals surface area (Å²) in [5.41, 5.74) is 0. The van der Waals surface area contributed by atoms with E-state index in [0.717, 1.165) is 89.9 Å². The van der Waals surface area contributed by atoms with Gasteiger partial charge < -0.3 is 14.2 Å². The van der Waals surface area contributed by atoms with Gasteiger partial charge in [-0.05, 0) is 89.9 Å². The average Bonchev–Trinajstić information content (AvgIpc) is 3.27. The lowest BCUT2D eigenvalue weighted by Gasteiger charge is -2.18. The van der Waals surface area contributed by atoms with Crippen LogP contribution < -0.4 is 0 Å². The summed E-state index contributed by atoms with van der Waals surface area (Å²) in [6, 6.07) is 0. The third-order valence-electron chi connectivity index (χ3n) is 10.7. The Labute approximate surface area is 382 Å². The smallest absolute Gasteiger partial charge is 0.306 e. The molecule has 0 saturated heterocycles. The fourth-order valence-electron chi connectivity index (χ4n) is 6.90. The van der Waals surface area contributed by atoms with Crippen molar-refractivity contribution in [2.75, 3.05) is 13.2 Å². The predicted molar refractivity (Wildman–Crippen MR) is 265 cm³/mol.